The zero-order valence-corrected chi connectivity index (χ0v) is 20.2. The van der Waals surface area contributed by atoms with Gasteiger partial charge in [0, 0.05) is 6.54 Å². The zero-order chi connectivity index (χ0) is 24.0. The summed E-state index contributed by atoms with van der Waals surface area (Å²) in [6.07, 6.45) is 0. The molecule has 7 heteroatoms. The fourth-order valence-electron chi connectivity index (χ4n) is 3.52. The van der Waals surface area contributed by atoms with Gasteiger partial charge in [-0.1, -0.05) is 59.7 Å². The summed E-state index contributed by atoms with van der Waals surface area (Å²) in [6.45, 7) is 5.52. The second-order valence-corrected chi connectivity index (χ2v) is 10.1. The second kappa shape index (κ2) is 10.6. The Bertz CT molecular complexity index is 1190. The van der Waals surface area contributed by atoms with Gasteiger partial charge in [0.05, 0.1) is 24.6 Å². The van der Waals surface area contributed by atoms with Crippen molar-refractivity contribution < 1.29 is 17.9 Å². The van der Waals surface area contributed by atoms with E-state index in [1.807, 2.05) is 69.3 Å². The Morgan fingerprint density at radius 2 is 1.64 bits per heavy atom. The molecule has 3 aromatic carbocycles. The average Bonchev–Trinajstić information content (AvgIpc) is 2.79. The molecule has 0 bridgehead atoms. The molecule has 3 rings (SSSR count). The molecule has 174 valence electrons. The van der Waals surface area contributed by atoms with E-state index in [2.05, 4.69) is 5.32 Å². The van der Waals surface area contributed by atoms with Crippen molar-refractivity contribution in [3.63, 3.8) is 0 Å². The van der Waals surface area contributed by atoms with E-state index in [0.717, 1.165) is 28.0 Å². The predicted molar refractivity (Wildman–Crippen MR) is 130 cm³/mol. The lowest BCUT2D eigenvalue weighted by Gasteiger charge is -2.23. The first-order chi connectivity index (χ1) is 15.7. The van der Waals surface area contributed by atoms with Crippen LogP contribution in [0.25, 0.3) is 0 Å². The molecule has 0 heterocycles. The standard InChI is InChI=1S/C26H30N2O4S/c1-19-8-14-25(15-9-19)33(30,31)28(17-22-7-5-6-20(2)16-22)18-26(29)27-21(3)23-10-12-24(32-4)13-11-23/h5-16,21H,17-18H2,1-4H3,(H,27,29)/t21-/m0/s1. The molecule has 0 aromatic heterocycles. The average molecular weight is 467 g/mol. The van der Waals surface area contributed by atoms with Crippen molar-refractivity contribution in [2.24, 2.45) is 0 Å². The molecule has 0 saturated heterocycles. The highest BCUT2D eigenvalue weighted by molar-refractivity contribution is 7.89. The number of carbonyl (C=O) groups excluding carboxylic acids is 1. The van der Waals surface area contributed by atoms with E-state index in [1.165, 1.54) is 4.31 Å². The Morgan fingerprint density at radius 3 is 2.24 bits per heavy atom. The van der Waals surface area contributed by atoms with Gasteiger partial charge in [-0.25, -0.2) is 8.42 Å². The summed E-state index contributed by atoms with van der Waals surface area (Å²) < 4.78 is 33.3. The van der Waals surface area contributed by atoms with Gasteiger partial charge in [0.15, 0.2) is 0 Å². The molecule has 1 atom stereocenters. The lowest BCUT2D eigenvalue weighted by atomic mass is 10.1. The van der Waals surface area contributed by atoms with Crippen molar-refractivity contribution in [3.05, 3.63) is 95.1 Å². The summed E-state index contributed by atoms with van der Waals surface area (Å²) in [7, 11) is -2.28. The fraction of sp³-hybridized carbons (Fsp3) is 0.269. The number of benzene rings is 3. The van der Waals surface area contributed by atoms with Crippen molar-refractivity contribution >= 4 is 15.9 Å². The van der Waals surface area contributed by atoms with E-state index in [1.54, 1.807) is 31.4 Å². The molecule has 0 fully saturated rings. The van der Waals surface area contributed by atoms with Gasteiger partial charge >= 0.3 is 0 Å². The minimum Gasteiger partial charge on any atom is -0.497 e. The Hall–Kier alpha value is -3.16. The van der Waals surface area contributed by atoms with Crippen molar-refractivity contribution in [1.29, 1.82) is 0 Å². The molecule has 33 heavy (non-hydrogen) atoms. The maximum atomic E-state index is 13.4. The van der Waals surface area contributed by atoms with Gasteiger partial charge in [-0.05, 0) is 56.2 Å². The third-order valence-electron chi connectivity index (χ3n) is 5.41. The van der Waals surface area contributed by atoms with E-state index in [4.69, 9.17) is 4.74 Å². The van der Waals surface area contributed by atoms with Crippen LogP contribution in [-0.4, -0.2) is 32.3 Å². The predicted octanol–water partition coefficient (Wildman–Crippen LogP) is 4.38. The quantitative estimate of drug-likeness (QED) is 0.508. The highest BCUT2D eigenvalue weighted by Crippen LogP contribution is 2.21. The number of ether oxygens (including phenoxy) is 1. The van der Waals surface area contributed by atoms with Crippen LogP contribution in [-0.2, 0) is 21.4 Å². The van der Waals surface area contributed by atoms with Gasteiger partial charge in [-0.3, -0.25) is 4.79 Å². The largest absolute Gasteiger partial charge is 0.497 e. The first kappa shape index (κ1) is 24.5. The van der Waals surface area contributed by atoms with Crippen molar-refractivity contribution in [1.82, 2.24) is 9.62 Å². The van der Waals surface area contributed by atoms with Gasteiger partial charge in [0.25, 0.3) is 0 Å². The molecule has 3 aromatic rings. The van der Waals surface area contributed by atoms with Crippen LogP contribution in [0.1, 0.15) is 35.2 Å². The highest BCUT2D eigenvalue weighted by atomic mass is 32.2. The van der Waals surface area contributed by atoms with Gasteiger partial charge < -0.3 is 10.1 Å². The molecule has 0 saturated carbocycles. The number of hydrogen-bond acceptors (Lipinski definition) is 4. The van der Waals surface area contributed by atoms with Crippen molar-refractivity contribution in [3.8, 4) is 5.75 Å². The third kappa shape index (κ3) is 6.43. The summed E-state index contributed by atoms with van der Waals surface area (Å²) in [5, 5.41) is 2.91. The van der Waals surface area contributed by atoms with Crippen LogP contribution < -0.4 is 10.1 Å². The molecule has 0 spiro atoms. The maximum absolute atomic E-state index is 13.4. The highest BCUT2D eigenvalue weighted by Gasteiger charge is 2.27. The smallest absolute Gasteiger partial charge is 0.243 e. The summed E-state index contributed by atoms with van der Waals surface area (Å²) >= 11 is 0. The molecule has 6 nitrogen and oxygen atoms in total. The van der Waals surface area contributed by atoms with Crippen LogP contribution >= 0.6 is 0 Å². The van der Waals surface area contributed by atoms with Gasteiger partial charge in [0.2, 0.25) is 15.9 Å². The number of nitrogens with zero attached hydrogens (tertiary/aromatic N) is 1. The number of methoxy groups -OCH3 is 1. The number of nitrogens with one attached hydrogen (secondary N) is 1. The summed E-state index contributed by atoms with van der Waals surface area (Å²) in [5.74, 6) is 0.354. The van der Waals surface area contributed by atoms with Gasteiger partial charge in [-0.2, -0.15) is 4.31 Å². The van der Waals surface area contributed by atoms with E-state index in [0.29, 0.717) is 0 Å². The number of rotatable bonds is 9. The normalized spacial score (nSPS) is 12.4. The number of carbonyl (C=O) groups is 1. The van der Waals surface area contributed by atoms with E-state index >= 15 is 0 Å². The molecule has 0 aliphatic rings. The number of amides is 1. The third-order valence-corrected chi connectivity index (χ3v) is 7.22. The summed E-state index contributed by atoms with van der Waals surface area (Å²) in [6, 6.07) is 21.4. The first-order valence-corrected chi connectivity index (χ1v) is 12.2. The molecule has 0 aliphatic carbocycles. The Balaban J connectivity index is 1.82. The van der Waals surface area contributed by atoms with E-state index in [-0.39, 0.29) is 29.9 Å². The Kier molecular flexibility index (Phi) is 7.89. The first-order valence-electron chi connectivity index (χ1n) is 10.7. The van der Waals surface area contributed by atoms with Crippen molar-refractivity contribution in [2.45, 2.75) is 38.3 Å². The molecule has 1 N–H and O–H groups in total. The molecule has 0 radical (unpaired) electrons. The molecular weight excluding hydrogens is 436 g/mol. The lowest BCUT2D eigenvalue weighted by Crippen LogP contribution is -2.41. The van der Waals surface area contributed by atoms with Crippen LogP contribution in [0.2, 0.25) is 0 Å². The zero-order valence-electron chi connectivity index (χ0n) is 19.4. The summed E-state index contributed by atoms with van der Waals surface area (Å²) in [5.41, 5.74) is 3.71. The second-order valence-electron chi connectivity index (χ2n) is 8.14. The number of hydrogen-bond donors (Lipinski definition) is 1. The lowest BCUT2D eigenvalue weighted by molar-refractivity contribution is -0.122. The minimum atomic E-state index is -3.88. The Labute approximate surface area is 196 Å². The number of aryl methyl sites for hydroxylation is 2. The maximum Gasteiger partial charge on any atom is 0.243 e. The van der Waals surface area contributed by atoms with E-state index in [9.17, 15) is 13.2 Å². The molecular formula is C26H30N2O4S. The summed E-state index contributed by atoms with van der Waals surface area (Å²) in [4.78, 5) is 13.1. The van der Waals surface area contributed by atoms with Crippen LogP contribution in [0.15, 0.2) is 77.7 Å². The number of sulfonamides is 1. The monoisotopic (exact) mass is 466 g/mol. The van der Waals surface area contributed by atoms with Gasteiger partial charge in [0.1, 0.15) is 5.75 Å². The van der Waals surface area contributed by atoms with E-state index < -0.39 is 10.0 Å². The van der Waals surface area contributed by atoms with Crippen LogP contribution in [0.3, 0.4) is 0 Å². The van der Waals surface area contributed by atoms with Crippen LogP contribution in [0, 0.1) is 13.8 Å². The molecule has 0 unspecified atom stereocenters. The SMILES string of the molecule is COc1ccc([C@H](C)NC(=O)CN(Cc2cccc(C)c2)S(=O)(=O)c2ccc(C)cc2)cc1. The molecule has 1 amide bonds. The van der Waals surface area contributed by atoms with Crippen LogP contribution in [0.5, 0.6) is 5.75 Å². The topological polar surface area (TPSA) is 75.7 Å². The minimum absolute atomic E-state index is 0.0994. The van der Waals surface area contributed by atoms with Crippen LogP contribution in [0.4, 0.5) is 0 Å². The van der Waals surface area contributed by atoms with Gasteiger partial charge in [-0.15, -0.1) is 0 Å². The molecule has 0 aliphatic heterocycles. The van der Waals surface area contributed by atoms with Crippen molar-refractivity contribution in [2.75, 3.05) is 13.7 Å². The Morgan fingerprint density at radius 1 is 0.970 bits per heavy atom. The fourth-order valence-corrected chi connectivity index (χ4v) is 4.91.